The Bertz CT molecular complexity index is 772. The van der Waals surface area contributed by atoms with Crippen molar-refractivity contribution >= 4 is 11.7 Å². The molecule has 2 aromatic rings. The molecule has 6 nitrogen and oxygen atoms in total. The van der Waals surface area contributed by atoms with E-state index in [-0.39, 0.29) is 12.5 Å². The summed E-state index contributed by atoms with van der Waals surface area (Å²) in [7, 11) is 0. The lowest BCUT2D eigenvalue weighted by Gasteiger charge is -2.07. The number of carbonyl (C=O) groups is 1. The second kappa shape index (κ2) is 8.32. The van der Waals surface area contributed by atoms with Gasteiger partial charge in [-0.15, -0.1) is 0 Å². The highest BCUT2D eigenvalue weighted by Crippen LogP contribution is 2.29. The number of oxime groups is 1. The molecule has 0 unspecified atom stereocenters. The number of rotatable bonds is 7. The van der Waals surface area contributed by atoms with Gasteiger partial charge < -0.3 is 14.7 Å². The van der Waals surface area contributed by atoms with Gasteiger partial charge in [-0.1, -0.05) is 17.3 Å². The van der Waals surface area contributed by atoms with Crippen molar-refractivity contribution in [2.45, 2.75) is 19.7 Å². The van der Waals surface area contributed by atoms with Crippen LogP contribution in [0.5, 0.6) is 5.88 Å². The van der Waals surface area contributed by atoms with Crippen molar-refractivity contribution in [3.63, 3.8) is 0 Å². The predicted molar refractivity (Wildman–Crippen MR) is 85.8 cm³/mol. The van der Waals surface area contributed by atoms with E-state index in [0.29, 0.717) is 16.8 Å². The van der Waals surface area contributed by atoms with Crippen molar-refractivity contribution in [3.8, 4) is 5.88 Å². The topological polar surface area (TPSA) is 81.0 Å². The minimum Gasteiger partial charge on any atom is -0.479 e. The predicted octanol–water partition coefficient (Wildman–Crippen LogP) is 3.50. The average molecular weight is 368 g/mol. The Morgan fingerprint density at radius 1 is 1.19 bits per heavy atom. The molecule has 0 saturated carbocycles. The third kappa shape index (κ3) is 5.76. The zero-order chi connectivity index (χ0) is 19.2. The molecule has 0 amide bonds. The summed E-state index contributed by atoms with van der Waals surface area (Å²) < 4.78 is 42.4. The van der Waals surface area contributed by atoms with Crippen molar-refractivity contribution in [1.82, 2.24) is 4.98 Å². The summed E-state index contributed by atoms with van der Waals surface area (Å²) in [5.74, 6) is -0.945. The Morgan fingerprint density at radius 2 is 1.88 bits per heavy atom. The summed E-state index contributed by atoms with van der Waals surface area (Å²) >= 11 is 0. The zero-order valence-electron chi connectivity index (χ0n) is 13.7. The van der Waals surface area contributed by atoms with Gasteiger partial charge in [0.05, 0.1) is 11.3 Å². The standard InChI is InChI=1S/C17H15F3N2O4/c1-11(13-4-7-15(21-8-13)25-10-16(23)24)22-26-9-12-2-5-14(6-3-12)17(18,19)20/h2-8H,9-10H2,1H3,(H,23,24). The summed E-state index contributed by atoms with van der Waals surface area (Å²) in [5.41, 5.74) is 0.941. The quantitative estimate of drug-likeness (QED) is 0.598. The highest BCUT2D eigenvalue weighted by molar-refractivity contribution is 5.98. The first-order chi connectivity index (χ1) is 12.3. The SMILES string of the molecule is CC(=NOCc1ccc(C(F)(F)F)cc1)c1ccc(OCC(=O)O)nc1. The molecule has 1 aromatic carbocycles. The molecule has 9 heteroatoms. The van der Waals surface area contributed by atoms with Crippen LogP contribution in [-0.2, 0) is 22.4 Å². The van der Waals surface area contributed by atoms with E-state index in [1.807, 2.05) is 0 Å². The van der Waals surface area contributed by atoms with Gasteiger partial charge >= 0.3 is 12.1 Å². The Morgan fingerprint density at radius 3 is 2.42 bits per heavy atom. The second-order valence-corrected chi connectivity index (χ2v) is 5.21. The molecule has 0 aliphatic rings. The zero-order valence-corrected chi connectivity index (χ0v) is 13.7. The van der Waals surface area contributed by atoms with Gasteiger partial charge in [-0.05, 0) is 30.7 Å². The molecule has 0 atom stereocenters. The van der Waals surface area contributed by atoms with Gasteiger partial charge in [-0.3, -0.25) is 0 Å². The largest absolute Gasteiger partial charge is 0.479 e. The van der Waals surface area contributed by atoms with Gasteiger partial charge in [0.15, 0.2) is 6.61 Å². The van der Waals surface area contributed by atoms with Gasteiger partial charge in [0.25, 0.3) is 0 Å². The van der Waals surface area contributed by atoms with Crippen LogP contribution in [-0.4, -0.2) is 28.4 Å². The lowest BCUT2D eigenvalue weighted by molar-refractivity contribution is -0.139. The Labute approximate surface area is 146 Å². The number of aromatic nitrogens is 1. The smallest absolute Gasteiger partial charge is 0.416 e. The number of ether oxygens (including phenoxy) is 1. The van der Waals surface area contributed by atoms with Crippen LogP contribution in [0, 0.1) is 0 Å². The molecule has 1 N–H and O–H groups in total. The monoisotopic (exact) mass is 368 g/mol. The van der Waals surface area contributed by atoms with E-state index < -0.39 is 24.3 Å². The van der Waals surface area contributed by atoms with Crippen molar-refractivity contribution in [2.24, 2.45) is 5.16 Å². The van der Waals surface area contributed by atoms with Gasteiger partial charge in [-0.2, -0.15) is 13.2 Å². The number of aliphatic carboxylic acids is 1. The number of pyridine rings is 1. The molecule has 138 valence electrons. The highest BCUT2D eigenvalue weighted by Gasteiger charge is 2.29. The summed E-state index contributed by atoms with van der Waals surface area (Å²) in [5, 5.41) is 12.4. The van der Waals surface area contributed by atoms with Crippen LogP contribution >= 0.6 is 0 Å². The molecule has 26 heavy (non-hydrogen) atoms. The Balaban J connectivity index is 1.90. The normalized spacial score (nSPS) is 11.9. The van der Waals surface area contributed by atoms with Crippen LogP contribution in [0.3, 0.4) is 0 Å². The molecule has 1 aromatic heterocycles. The number of carboxylic acid groups (broad SMARTS) is 1. The van der Waals surface area contributed by atoms with Crippen molar-refractivity contribution in [1.29, 1.82) is 0 Å². The number of benzene rings is 1. The fourth-order valence-corrected chi connectivity index (χ4v) is 1.86. The van der Waals surface area contributed by atoms with Gasteiger partial charge in [0, 0.05) is 17.8 Å². The number of carboxylic acids is 1. The maximum absolute atomic E-state index is 12.5. The Kier molecular flexibility index (Phi) is 6.16. The lowest BCUT2D eigenvalue weighted by Crippen LogP contribution is -2.10. The number of halogens is 3. The molecular formula is C17H15F3N2O4. The first-order valence-corrected chi connectivity index (χ1v) is 7.39. The van der Waals surface area contributed by atoms with Crippen LogP contribution < -0.4 is 4.74 Å². The van der Waals surface area contributed by atoms with E-state index in [0.717, 1.165) is 12.1 Å². The molecule has 0 fully saturated rings. The van der Waals surface area contributed by atoms with Crippen molar-refractivity contribution in [3.05, 3.63) is 59.3 Å². The van der Waals surface area contributed by atoms with Crippen LogP contribution in [0.2, 0.25) is 0 Å². The molecule has 0 aliphatic heterocycles. The minimum atomic E-state index is -4.37. The van der Waals surface area contributed by atoms with Gasteiger partial charge in [-0.25, -0.2) is 9.78 Å². The van der Waals surface area contributed by atoms with Crippen molar-refractivity contribution in [2.75, 3.05) is 6.61 Å². The van der Waals surface area contributed by atoms with Crippen LogP contribution in [0.25, 0.3) is 0 Å². The fourth-order valence-electron chi connectivity index (χ4n) is 1.86. The third-order valence-electron chi connectivity index (χ3n) is 3.21. The van der Waals surface area contributed by atoms with Crippen LogP contribution in [0.4, 0.5) is 13.2 Å². The fraction of sp³-hybridized carbons (Fsp3) is 0.235. The van der Waals surface area contributed by atoms with E-state index in [4.69, 9.17) is 14.7 Å². The number of nitrogens with zero attached hydrogens (tertiary/aromatic N) is 2. The number of hydrogen-bond acceptors (Lipinski definition) is 5. The van der Waals surface area contributed by atoms with E-state index in [2.05, 4.69) is 10.1 Å². The van der Waals surface area contributed by atoms with Crippen molar-refractivity contribution < 1.29 is 32.6 Å². The summed E-state index contributed by atoms with van der Waals surface area (Å²) in [6, 6.07) is 7.73. The second-order valence-electron chi connectivity index (χ2n) is 5.21. The van der Waals surface area contributed by atoms with Gasteiger partial charge in [0.1, 0.15) is 6.61 Å². The molecule has 0 radical (unpaired) electrons. The minimum absolute atomic E-state index is 0.0166. The summed E-state index contributed by atoms with van der Waals surface area (Å²) in [6.07, 6.45) is -2.93. The lowest BCUT2D eigenvalue weighted by atomic mass is 10.1. The average Bonchev–Trinajstić information content (AvgIpc) is 2.60. The third-order valence-corrected chi connectivity index (χ3v) is 3.21. The number of hydrogen-bond donors (Lipinski definition) is 1. The van der Waals surface area contributed by atoms with Crippen LogP contribution in [0.15, 0.2) is 47.8 Å². The molecule has 1 heterocycles. The van der Waals surface area contributed by atoms with E-state index in [1.165, 1.54) is 24.4 Å². The molecule has 0 aliphatic carbocycles. The molecular weight excluding hydrogens is 353 g/mol. The molecule has 0 saturated heterocycles. The summed E-state index contributed by atoms with van der Waals surface area (Å²) in [6.45, 7) is 1.19. The van der Waals surface area contributed by atoms with E-state index >= 15 is 0 Å². The Hall–Kier alpha value is -3.10. The number of alkyl halides is 3. The van der Waals surface area contributed by atoms with Gasteiger partial charge in [0.2, 0.25) is 5.88 Å². The van der Waals surface area contributed by atoms with E-state index in [1.54, 1.807) is 13.0 Å². The molecule has 0 bridgehead atoms. The first-order valence-electron chi connectivity index (χ1n) is 7.39. The molecule has 0 spiro atoms. The summed E-state index contributed by atoms with van der Waals surface area (Å²) in [4.78, 5) is 19.5. The maximum Gasteiger partial charge on any atom is 0.416 e. The molecule has 2 rings (SSSR count). The maximum atomic E-state index is 12.5. The first kappa shape index (κ1) is 19.2. The van der Waals surface area contributed by atoms with Crippen LogP contribution in [0.1, 0.15) is 23.6 Å². The highest BCUT2D eigenvalue weighted by atomic mass is 19.4. The van der Waals surface area contributed by atoms with E-state index in [9.17, 15) is 18.0 Å².